The van der Waals surface area contributed by atoms with Crippen LogP contribution in [0.15, 0.2) is 6.20 Å². The van der Waals surface area contributed by atoms with Crippen molar-refractivity contribution >= 4 is 0 Å². The number of hydrogen-bond acceptors (Lipinski definition) is 3. The number of aryl methyl sites for hydroxylation is 1. The Labute approximate surface area is 103 Å². The molecule has 94 valence electrons. The van der Waals surface area contributed by atoms with E-state index in [0.29, 0.717) is 5.92 Å². The Morgan fingerprint density at radius 2 is 2.00 bits per heavy atom. The maximum atomic E-state index is 9.21. The van der Waals surface area contributed by atoms with Crippen molar-refractivity contribution in [1.29, 1.82) is 0 Å². The molecule has 3 heteroatoms. The Kier molecular flexibility index (Phi) is 4.11. The summed E-state index contributed by atoms with van der Waals surface area (Å²) >= 11 is 0. The van der Waals surface area contributed by atoms with Gasteiger partial charge in [-0.3, -0.25) is 0 Å². The van der Waals surface area contributed by atoms with Crippen LogP contribution in [0, 0.1) is 5.92 Å². The van der Waals surface area contributed by atoms with Gasteiger partial charge in [-0.05, 0) is 25.2 Å². The first-order valence-corrected chi connectivity index (χ1v) is 6.70. The Bertz CT molecular complexity index is 370. The van der Waals surface area contributed by atoms with Gasteiger partial charge in [0.1, 0.15) is 5.82 Å². The monoisotopic (exact) mass is 234 g/mol. The molecular formula is C14H22N2O. The summed E-state index contributed by atoms with van der Waals surface area (Å²) < 4.78 is 0. The zero-order valence-corrected chi connectivity index (χ0v) is 10.8. The first-order valence-electron chi connectivity index (χ1n) is 6.70. The maximum absolute atomic E-state index is 9.21. The first kappa shape index (κ1) is 12.5. The largest absolute Gasteiger partial charge is 0.392 e. The van der Waals surface area contributed by atoms with E-state index in [1.165, 1.54) is 25.7 Å². The predicted octanol–water partition coefficient (Wildman–Crippen LogP) is 2.83. The topological polar surface area (TPSA) is 46.0 Å². The average Bonchev–Trinajstić information content (AvgIpc) is 2.39. The van der Waals surface area contributed by atoms with E-state index in [4.69, 9.17) is 0 Å². The average molecular weight is 234 g/mol. The SMILES string of the molecule is CCc1nc(C2CCC(C)CC2)ncc1CO. The molecule has 1 N–H and O–H groups in total. The second-order valence-electron chi connectivity index (χ2n) is 5.17. The third-order valence-electron chi connectivity index (χ3n) is 3.86. The molecule has 1 aromatic rings. The molecule has 17 heavy (non-hydrogen) atoms. The van der Waals surface area contributed by atoms with Gasteiger partial charge in [-0.25, -0.2) is 9.97 Å². The van der Waals surface area contributed by atoms with Crippen LogP contribution in [0.1, 0.15) is 62.5 Å². The lowest BCUT2D eigenvalue weighted by Crippen LogP contribution is -2.15. The van der Waals surface area contributed by atoms with E-state index in [0.717, 1.165) is 29.4 Å². The summed E-state index contributed by atoms with van der Waals surface area (Å²) in [5, 5.41) is 9.21. The number of aromatic nitrogens is 2. The predicted molar refractivity (Wildman–Crippen MR) is 67.7 cm³/mol. The smallest absolute Gasteiger partial charge is 0.131 e. The van der Waals surface area contributed by atoms with Crippen LogP contribution in [0.3, 0.4) is 0 Å². The highest BCUT2D eigenvalue weighted by atomic mass is 16.3. The molecule has 1 heterocycles. The minimum atomic E-state index is 0.0468. The van der Waals surface area contributed by atoms with E-state index in [1.54, 1.807) is 6.20 Å². The van der Waals surface area contributed by atoms with Gasteiger partial charge in [0.2, 0.25) is 0 Å². The van der Waals surface area contributed by atoms with Crippen LogP contribution in [-0.2, 0) is 13.0 Å². The van der Waals surface area contributed by atoms with Crippen LogP contribution >= 0.6 is 0 Å². The van der Waals surface area contributed by atoms with E-state index in [1.807, 2.05) is 0 Å². The van der Waals surface area contributed by atoms with Crippen molar-refractivity contribution < 1.29 is 5.11 Å². The Balaban J connectivity index is 2.16. The van der Waals surface area contributed by atoms with E-state index in [2.05, 4.69) is 23.8 Å². The fourth-order valence-electron chi connectivity index (χ4n) is 2.61. The Hall–Kier alpha value is -0.960. The second kappa shape index (κ2) is 5.58. The summed E-state index contributed by atoms with van der Waals surface area (Å²) in [7, 11) is 0. The first-order chi connectivity index (χ1) is 8.24. The molecule has 0 atom stereocenters. The van der Waals surface area contributed by atoms with Crippen LogP contribution in [-0.4, -0.2) is 15.1 Å². The molecule has 2 rings (SSSR count). The number of aliphatic hydroxyl groups excluding tert-OH is 1. The summed E-state index contributed by atoms with van der Waals surface area (Å²) in [6, 6.07) is 0. The molecule has 1 saturated carbocycles. The lowest BCUT2D eigenvalue weighted by molar-refractivity contribution is 0.278. The van der Waals surface area contributed by atoms with Crippen molar-refractivity contribution in [2.24, 2.45) is 5.92 Å². The van der Waals surface area contributed by atoms with Gasteiger partial charge in [-0.1, -0.05) is 26.7 Å². The van der Waals surface area contributed by atoms with Crippen molar-refractivity contribution in [3.8, 4) is 0 Å². The van der Waals surface area contributed by atoms with Gasteiger partial charge in [-0.15, -0.1) is 0 Å². The third-order valence-corrected chi connectivity index (χ3v) is 3.86. The van der Waals surface area contributed by atoms with Crippen molar-refractivity contribution in [2.75, 3.05) is 0 Å². The van der Waals surface area contributed by atoms with E-state index < -0.39 is 0 Å². The molecule has 1 fully saturated rings. The van der Waals surface area contributed by atoms with E-state index in [9.17, 15) is 5.11 Å². The van der Waals surface area contributed by atoms with Crippen molar-refractivity contribution in [3.05, 3.63) is 23.3 Å². The molecule has 0 saturated heterocycles. The summed E-state index contributed by atoms with van der Waals surface area (Å²) in [5.41, 5.74) is 1.89. The second-order valence-corrected chi connectivity index (χ2v) is 5.17. The number of rotatable bonds is 3. The van der Waals surface area contributed by atoms with Crippen molar-refractivity contribution in [3.63, 3.8) is 0 Å². The normalized spacial score (nSPS) is 24.9. The quantitative estimate of drug-likeness (QED) is 0.874. The molecule has 1 aliphatic rings. The summed E-state index contributed by atoms with van der Waals surface area (Å²) in [5.74, 6) is 2.38. The van der Waals surface area contributed by atoms with Gasteiger partial charge >= 0.3 is 0 Å². The fraction of sp³-hybridized carbons (Fsp3) is 0.714. The number of hydrogen-bond donors (Lipinski definition) is 1. The van der Waals surface area contributed by atoms with Crippen LogP contribution in [0.5, 0.6) is 0 Å². The highest BCUT2D eigenvalue weighted by Crippen LogP contribution is 2.33. The molecule has 0 radical (unpaired) electrons. The standard InChI is InChI=1S/C14H22N2O/c1-3-13-12(9-17)8-15-14(16-13)11-6-4-10(2)5-7-11/h8,10-11,17H,3-7,9H2,1-2H3. The Morgan fingerprint density at radius 3 is 2.59 bits per heavy atom. The maximum Gasteiger partial charge on any atom is 0.131 e. The molecule has 1 aromatic heterocycles. The summed E-state index contributed by atoms with van der Waals surface area (Å²) in [6.45, 7) is 4.45. The minimum absolute atomic E-state index is 0.0468. The molecule has 0 aromatic carbocycles. The molecule has 0 bridgehead atoms. The molecule has 0 aliphatic heterocycles. The third kappa shape index (κ3) is 2.83. The highest BCUT2D eigenvalue weighted by molar-refractivity contribution is 5.18. The molecule has 3 nitrogen and oxygen atoms in total. The zero-order valence-electron chi connectivity index (χ0n) is 10.8. The van der Waals surface area contributed by atoms with E-state index in [-0.39, 0.29) is 6.61 Å². The molecular weight excluding hydrogens is 212 g/mol. The van der Waals surface area contributed by atoms with Crippen LogP contribution < -0.4 is 0 Å². The molecule has 0 unspecified atom stereocenters. The van der Waals surface area contributed by atoms with Gasteiger partial charge in [0.25, 0.3) is 0 Å². The van der Waals surface area contributed by atoms with Crippen molar-refractivity contribution in [2.45, 2.75) is 58.5 Å². The fourth-order valence-corrected chi connectivity index (χ4v) is 2.61. The summed E-state index contributed by atoms with van der Waals surface area (Å²) in [4.78, 5) is 9.08. The van der Waals surface area contributed by atoms with Crippen LogP contribution in [0.4, 0.5) is 0 Å². The van der Waals surface area contributed by atoms with Gasteiger partial charge in [0.15, 0.2) is 0 Å². The number of nitrogens with zero attached hydrogens (tertiary/aromatic N) is 2. The van der Waals surface area contributed by atoms with Gasteiger partial charge in [-0.2, -0.15) is 0 Å². The van der Waals surface area contributed by atoms with Crippen LogP contribution in [0.2, 0.25) is 0 Å². The lowest BCUT2D eigenvalue weighted by atomic mass is 9.82. The van der Waals surface area contributed by atoms with Gasteiger partial charge in [0.05, 0.1) is 6.61 Å². The molecule has 0 spiro atoms. The zero-order chi connectivity index (χ0) is 12.3. The lowest BCUT2D eigenvalue weighted by Gasteiger charge is -2.25. The highest BCUT2D eigenvalue weighted by Gasteiger charge is 2.22. The number of aliphatic hydroxyl groups is 1. The van der Waals surface area contributed by atoms with E-state index >= 15 is 0 Å². The Morgan fingerprint density at radius 1 is 1.29 bits per heavy atom. The van der Waals surface area contributed by atoms with Crippen molar-refractivity contribution in [1.82, 2.24) is 9.97 Å². The molecule has 1 aliphatic carbocycles. The minimum Gasteiger partial charge on any atom is -0.392 e. The van der Waals surface area contributed by atoms with Gasteiger partial charge < -0.3 is 5.11 Å². The van der Waals surface area contributed by atoms with Crippen LogP contribution in [0.25, 0.3) is 0 Å². The van der Waals surface area contributed by atoms with Gasteiger partial charge in [0, 0.05) is 23.4 Å². The summed E-state index contributed by atoms with van der Waals surface area (Å²) in [6.07, 6.45) is 7.67. The molecule has 0 amide bonds.